The van der Waals surface area contributed by atoms with Crippen LogP contribution in [0.25, 0.3) is 0 Å². The van der Waals surface area contributed by atoms with Crippen molar-refractivity contribution in [1.29, 1.82) is 0 Å². The summed E-state index contributed by atoms with van der Waals surface area (Å²) in [7, 11) is 0. The molecule has 0 radical (unpaired) electrons. The van der Waals surface area contributed by atoms with E-state index in [2.05, 4.69) is 83.3 Å². The Hall–Kier alpha value is -1.76. The molecule has 0 saturated carbocycles. The van der Waals surface area contributed by atoms with Crippen LogP contribution >= 0.6 is 0 Å². The molecule has 0 spiro atoms. The molecule has 144 valence electrons. The van der Waals surface area contributed by atoms with Gasteiger partial charge in [-0.05, 0) is 94.9 Å². The van der Waals surface area contributed by atoms with Crippen molar-refractivity contribution in [2.24, 2.45) is 0 Å². The number of anilines is 2. The van der Waals surface area contributed by atoms with Gasteiger partial charge in [0.2, 0.25) is 0 Å². The molecule has 0 heterocycles. The minimum Gasteiger partial charge on any atom is -0.356 e. The molecule has 1 nitrogen and oxygen atoms in total. The zero-order valence-electron chi connectivity index (χ0n) is 18.0. The predicted octanol–water partition coefficient (Wildman–Crippen LogP) is 7.39. The molecule has 0 aliphatic heterocycles. The summed E-state index contributed by atoms with van der Waals surface area (Å²) in [5.41, 5.74) is 9.38. The normalized spacial score (nSPS) is 21.9. The molecule has 0 aromatic heterocycles. The zero-order valence-corrected chi connectivity index (χ0v) is 18.0. The van der Waals surface area contributed by atoms with E-state index in [1.54, 1.807) is 0 Å². The summed E-state index contributed by atoms with van der Waals surface area (Å²) in [6.07, 6.45) is 6.32. The molecule has 27 heavy (non-hydrogen) atoms. The van der Waals surface area contributed by atoms with Gasteiger partial charge < -0.3 is 5.32 Å². The van der Waals surface area contributed by atoms with E-state index >= 15 is 0 Å². The van der Waals surface area contributed by atoms with Crippen molar-refractivity contribution in [1.82, 2.24) is 0 Å². The summed E-state index contributed by atoms with van der Waals surface area (Å²) in [6.45, 7) is 14.3. The van der Waals surface area contributed by atoms with Gasteiger partial charge in [-0.3, -0.25) is 0 Å². The SMILES string of the molecule is CC1(C)CCCc2cc(Nc3ccc4c(c3)C(C)(C)CCC4(C)C)ccc21. The van der Waals surface area contributed by atoms with Crippen LogP contribution in [-0.4, -0.2) is 0 Å². The zero-order chi connectivity index (χ0) is 19.4. The van der Waals surface area contributed by atoms with Crippen molar-refractivity contribution < 1.29 is 0 Å². The van der Waals surface area contributed by atoms with Gasteiger partial charge in [0.05, 0.1) is 0 Å². The van der Waals surface area contributed by atoms with Gasteiger partial charge in [0, 0.05) is 11.4 Å². The Bertz CT molecular complexity index is 870. The number of benzene rings is 2. The van der Waals surface area contributed by atoms with Crippen molar-refractivity contribution in [2.75, 3.05) is 5.32 Å². The molecule has 2 aromatic rings. The highest BCUT2D eigenvalue weighted by Crippen LogP contribution is 2.46. The largest absolute Gasteiger partial charge is 0.356 e. The number of aryl methyl sites for hydroxylation is 1. The molecule has 0 saturated heterocycles. The molecule has 0 fully saturated rings. The van der Waals surface area contributed by atoms with Crippen LogP contribution in [0, 0.1) is 0 Å². The molecule has 2 aliphatic carbocycles. The summed E-state index contributed by atoms with van der Waals surface area (Å²) in [5, 5.41) is 3.70. The molecule has 0 atom stereocenters. The summed E-state index contributed by atoms with van der Waals surface area (Å²) in [5.74, 6) is 0. The first kappa shape index (κ1) is 18.6. The maximum Gasteiger partial charge on any atom is 0.0387 e. The third-order valence-electron chi connectivity index (χ3n) is 7.22. The Balaban J connectivity index is 1.67. The molecule has 1 N–H and O–H groups in total. The number of hydrogen-bond acceptors (Lipinski definition) is 1. The van der Waals surface area contributed by atoms with E-state index in [-0.39, 0.29) is 10.8 Å². The number of fused-ring (bicyclic) bond motifs is 2. The van der Waals surface area contributed by atoms with Crippen LogP contribution in [0.3, 0.4) is 0 Å². The summed E-state index contributed by atoms with van der Waals surface area (Å²) < 4.78 is 0. The summed E-state index contributed by atoms with van der Waals surface area (Å²) >= 11 is 0. The van der Waals surface area contributed by atoms with E-state index in [1.165, 1.54) is 65.7 Å². The molecular formula is C26H35N. The highest BCUT2D eigenvalue weighted by atomic mass is 14.9. The number of nitrogens with one attached hydrogen (secondary N) is 1. The molecule has 2 aromatic carbocycles. The van der Waals surface area contributed by atoms with E-state index in [9.17, 15) is 0 Å². The van der Waals surface area contributed by atoms with Gasteiger partial charge in [-0.2, -0.15) is 0 Å². The van der Waals surface area contributed by atoms with Gasteiger partial charge in [0.1, 0.15) is 0 Å². The highest BCUT2D eigenvalue weighted by molar-refractivity contribution is 5.64. The van der Waals surface area contributed by atoms with Crippen molar-refractivity contribution in [3.05, 3.63) is 58.7 Å². The van der Waals surface area contributed by atoms with Crippen LogP contribution in [0.5, 0.6) is 0 Å². The minimum atomic E-state index is 0.252. The molecule has 0 amide bonds. The Kier molecular flexibility index (Phi) is 4.22. The van der Waals surface area contributed by atoms with Crippen LogP contribution < -0.4 is 5.32 Å². The standard InChI is InChI=1S/C26H35N/c1-24(2)13-7-8-18-16-19(9-11-21(18)24)27-20-10-12-22-23(17-20)26(5,6)15-14-25(22,3)4/h9-12,16-17,27H,7-8,13-15H2,1-6H3. The monoisotopic (exact) mass is 361 g/mol. The Morgan fingerprint density at radius 1 is 0.630 bits per heavy atom. The lowest BCUT2D eigenvalue weighted by atomic mass is 9.63. The van der Waals surface area contributed by atoms with Gasteiger partial charge in [0.15, 0.2) is 0 Å². The van der Waals surface area contributed by atoms with Gasteiger partial charge in [-0.15, -0.1) is 0 Å². The lowest BCUT2D eigenvalue weighted by Crippen LogP contribution is -2.33. The van der Waals surface area contributed by atoms with Gasteiger partial charge in [-0.1, -0.05) is 53.7 Å². The van der Waals surface area contributed by atoms with Crippen molar-refractivity contribution >= 4 is 11.4 Å². The number of hydrogen-bond donors (Lipinski definition) is 1. The first-order chi connectivity index (χ1) is 12.6. The quantitative estimate of drug-likeness (QED) is 0.588. The smallest absolute Gasteiger partial charge is 0.0387 e. The second-order valence-electron chi connectivity index (χ2n) is 10.8. The Morgan fingerprint density at radius 2 is 1.19 bits per heavy atom. The molecular weight excluding hydrogens is 326 g/mol. The van der Waals surface area contributed by atoms with Crippen LogP contribution in [0.15, 0.2) is 36.4 Å². The van der Waals surface area contributed by atoms with E-state index in [1.807, 2.05) is 0 Å². The first-order valence-electron chi connectivity index (χ1n) is 10.6. The average Bonchev–Trinajstić information content (AvgIpc) is 2.59. The van der Waals surface area contributed by atoms with Gasteiger partial charge in [-0.25, -0.2) is 0 Å². The van der Waals surface area contributed by atoms with Gasteiger partial charge >= 0.3 is 0 Å². The van der Waals surface area contributed by atoms with E-state index in [0.717, 1.165) is 0 Å². The third-order valence-corrected chi connectivity index (χ3v) is 7.22. The molecule has 1 heteroatoms. The molecule has 4 rings (SSSR count). The van der Waals surface area contributed by atoms with Crippen LogP contribution in [-0.2, 0) is 22.7 Å². The molecule has 2 aliphatic rings. The maximum atomic E-state index is 3.70. The topological polar surface area (TPSA) is 12.0 Å². The maximum absolute atomic E-state index is 3.70. The van der Waals surface area contributed by atoms with Crippen molar-refractivity contribution in [3.63, 3.8) is 0 Å². The lowest BCUT2D eigenvalue weighted by molar-refractivity contribution is 0.332. The fourth-order valence-electron chi connectivity index (χ4n) is 5.23. The third kappa shape index (κ3) is 3.30. The predicted molar refractivity (Wildman–Crippen MR) is 117 cm³/mol. The first-order valence-corrected chi connectivity index (χ1v) is 10.6. The van der Waals surface area contributed by atoms with Crippen LogP contribution in [0.2, 0.25) is 0 Å². The summed E-state index contributed by atoms with van der Waals surface area (Å²) in [4.78, 5) is 0. The average molecular weight is 362 g/mol. The fourth-order valence-corrected chi connectivity index (χ4v) is 5.23. The second-order valence-corrected chi connectivity index (χ2v) is 10.8. The van der Waals surface area contributed by atoms with E-state index in [0.29, 0.717) is 5.41 Å². The minimum absolute atomic E-state index is 0.252. The molecule has 0 unspecified atom stereocenters. The fraction of sp³-hybridized carbons (Fsp3) is 0.538. The highest BCUT2D eigenvalue weighted by Gasteiger charge is 2.37. The summed E-state index contributed by atoms with van der Waals surface area (Å²) in [6, 6.07) is 14.0. The van der Waals surface area contributed by atoms with Crippen molar-refractivity contribution in [2.45, 2.75) is 89.9 Å². The number of rotatable bonds is 2. The van der Waals surface area contributed by atoms with Crippen molar-refractivity contribution in [3.8, 4) is 0 Å². The molecule has 0 bridgehead atoms. The lowest BCUT2D eigenvalue weighted by Gasteiger charge is -2.42. The Morgan fingerprint density at radius 3 is 1.89 bits per heavy atom. The Labute approximate surface area is 165 Å². The van der Waals surface area contributed by atoms with E-state index in [4.69, 9.17) is 0 Å². The van der Waals surface area contributed by atoms with Gasteiger partial charge in [0.25, 0.3) is 0 Å². The second kappa shape index (κ2) is 6.12. The van der Waals surface area contributed by atoms with E-state index < -0.39 is 0 Å². The van der Waals surface area contributed by atoms with Crippen LogP contribution in [0.4, 0.5) is 11.4 Å². The van der Waals surface area contributed by atoms with Crippen LogP contribution in [0.1, 0.15) is 89.5 Å².